The van der Waals surface area contributed by atoms with Crippen molar-refractivity contribution in [2.24, 2.45) is 0 Å². The van der Waals surface area contributed by atoms with Gasteiger partial charge >= 0.3 is 5.69 Å². The number of aromatic amines is 2. The van der Waals surface area contributed by atoms with E-state index in [4.69, 9.17) is 0 Å². The maximum atomic E-state index is 12.7. The van der Waals surface area contributed by atoms with Crippen LogP contribution < -0.4 is 16.6 Å². The largest absolute Gasteiger partial charge is 0.325 e. The van der Waals surface area contributed by atoms with E-state index in [0.717, 1.165) is 6.20 Å². The third-order valence-corrected chi connectivity index (χ3v) is 6.03. The van der Waals surface area contributed by atoms with E-state index in [1.165, 1.54) is 16.4 Å². The number of nitrogens with one attached hydrogen (secondary N) is 3. The van der Waals surface area contributed by atoms with Gasteiger partial charge in [-0.15, -0.1) is 0 Å². The van der Waals surface area contributed by atoms with Crippen molar-refractivity contribution in [2.75, 3.05) is 18.4 Å². The van der Waals surface area contributed by atoms with Crippen molar-refractivity contribution in [1.29, 1.82) is 0 Å². The first-order valence-electron chi connectivity index (χ1n) is 7.94. The molecule has 0 unspecified atom stereocenters. The quantitative estimate of drug-likeness (QED) is 0.677. The minimum Gasteiger partial charge on any atom is -0.322 e. The van der Waals surface area contributed by atoms with Crippen LogP contribution in [0.5, 0.6) is 0 Å². The molecule has 0 aliphatic heterocycles. The van der Waals surface area contributed by atoms with Crippen molar-refractivity contribution < 1.29 is 13.2 Å². The van der Waals surface area contributed by atoms with Crippen molar-refractivity contribution in [3.05, 3.63) is 56.4 Å². The summed E-state index contributed by atoms with van der Waals surface area (Å²) in [6.45, 7) is 5.78. The van der Waals surface area contributed by atoms with Gasteiger partial charge in [0.05, 0.1) is 4.90 Å². The Kier molecular flexibility index (Phi) is 5.78. The molecule has 1 aromatic carbocycles. The molecule has 0 fully saturated rings. The Morgan fingerprint density at radius 2 is 1.85 bits per heavy atom. The van der Waals surface area contributed by atoms with Crippen LogP contribution in [0.3, 0.4) is 0 Å². The van der Waals surface area contributed by atoms with E-state index in [1.807, 2.05) is 4.98 Å². The summed E-state index contributed by atoms with van der Waals surface area (Å²) in [7, 11) is -3.70. The highest BCUT2D eigenvalue weighted by atomic mass is 32.2. The smallest absolute Gasteiger partial charge is 0.322 e. The number of H-pyrrole nitrogens is 2. The SMILES string of the molecule is CCN(CC)S(=O)(=O)c1cc(NC(=O)c2c[nH]c(=O)[nH]c2=O)ccc1C. The van der Waals surface area contributed by atoms with Crippen LogP contribution in [0.4, 0.5) is 5.69 Å². The molecule has 0 bridgehead atoms. The van der Waals surface area contributed by atoms with Crippen LogP contribution in [0.25, 0.3) is 0 Å². The number of aryl methyl sites for hydroxylation is 1. The van der Waals surface area contributed by atoms with E-state index in [-0.39, 0.29) is 16.1 Å². The molecule has 2 aromatic rings. The van der Waals surface area contributed by atoms with Crippen LogP contribution >= 0.6 is 0 Å². The minimum absolute atomic E-state index is 0.0781. The first-order valence-corrected chi connectivity index (χ1v) is 9.38. The van der Waals surface area contributed by atoms with E-state index >= 15 is 0 Å². The number of hydrogen-bond acceptors (Lipinski definition) is 5. The Bertz CT molecular complexity index is 1040. The molecule has 0 saturated carbocycles. The molecule has 9 nitrogen and oxygen atoms in total. The summed E-state index contributed by atoms with van der Waals surface area (Å²) in [4.78, 5) is 39.2. The van der Waals surface area contributed by atoms with Crippen molar-refractivity contribution in [3.63, 3.8) is 0 Å². The lowest BCUT2D eigenvalue weighted by atomic mass is 10.2. The fourth-order valence-electron chi connectivity index (χ4n) is 2.44. The van der Waals surface area contributed by atoms with Gasteiger partial charge < -0.3 is 10.3 Å². The summed E-state index contributed by atoms with van der Waals surface area (Å²) in [5.74, 6) is -0.766. The van der Waals surface area contributed by atoms with Crippen molar-refractivity contribution >= 4 is 21.6 Å². The van der Waals surface area contributed by atoms with Crippen molar-refractivity contribution in [1.82, 2.24) is 14.3 Å². The first kappa shape index (κ1) is 19.6. The van der Waals surface area contributed by atoms with Gasteiger partial charge in [0, 0.05) is 25.0 Å². The van der Waals surface area contributed by atoms with Gasteiger partial charge in [0.15, 0.2) is 0 Å². The van der Waals surface area contributed by atoms with Gasteiger partial charge in [0.2, 0.25) is 10.0 Å². The molecule has 1 amide bonds. The Balaban J connectivity index is 2.39. The zero-order valence-corrected chi connectivity index (χ0v) is 15.4. The first-order chi connectivity index (χ1) is 12.2. The molecule has 140 valence electrons. The normalized spacial score (nSPS) is 11.5. The Hall–Kier alpha value is -2.72. The Labute approximate surface area is 150 Å². The fraction of sp³-hybridized carbons (Fsp3) is 0.312. The standard InChI is InChI=1S/C16H20N4O5S/c1-4-20(5-2)26(24,25)13-8-11(7-6-10(13)3)18-14(21)12-9-17-16(23)19-15(12)22/h6-9H,4-5H2,1-3H3,(H,18,21)(H2,17,19,22,23). The topological polar surface area (TPSA) is 132 Å². The van der Waals surface area contributed by atoms with Gasteiger partial charge in [-0.25, -0.2) is 13.2 Å². The van der Waals surface area contributed by atoms with Gasteiger partial charge in [-0.2, -0.15) is 4.31 Å². The fourth-order valence-corrected chi connectivity index (χ4v) is 4.14. The average molecular weight is 380 g/mol. The highest BCUT2D eigenvalue weighted by molar-refractivity contribution is 7.89. The number of sulfonamides is 1. The minimum atomic E-state index is -3.70. The molecule has 0 aliphatic carbocycles. The number of nitrogens with zero attached hydrogens (tertiary/aromatic N) is 1. The summed E-state index contributed by atoms with van der Waals surface area (Å²) < 4.78 is 26.8. The second-order valence-electron chi connectivity index (χ2n) is 5.51. The van der Waals surface area contributed by atoms with Crippen LogP contribution in [0, 0.1) is 6.92 Å². The van der Waals surface area contributed by atoms with Crippen LogP contribution in [0.15, 0.2) is 38.9 Å². The highest BCUT2D eigenvalue weighted by Gasteiger charge is 2.24. The molecule has 2 rings (SSSR count). The third kappa shape index (κ3) is 3.92. The van der Waals surface area contributed by atoms with E-state index in [9.17, 15) is 22.8 Å². The summed E-state index contributed by atoms with van der Waals surface area (Å²) >= 11 is 0. The molecular weight excluding hydrogens is 360 g/mol. The zero-order valence-electron chi connectivity index (χ0n) is 14.6. The van der Waals surface area contributed by atoms with E-state index in [2.05, 4.69) is 10.3 Å². The van der Waals surface area contributed by atoms with Crippen LogP contribution in [-0.4, -0.2) is 41.7 Å². The Morgan fingerprint density at radius 3 is 2.42 bits per heavy atom. The lowest BCUT2D eigenvalue weighted by molar-refractivity contribution is 0.102. The molecule has 1 heterocycles. The molecular formula is C16H20N4O5S. The summed E-state index contributed by atoms with van der Waals surface area (Å²) in [5, 5.41) is 2.47. The summed E-state index contributed by atoms with van der Waals surface area (Å²) in [6, 6.07) is 4.46. The van der Waals surface area contributed by atoms with Gasteiger partial charge in [0.25, 0.3) is 11.5 Å². The van der Waals surface area contributed by atoms with E-state index in [1.54, 1.807) is 26.8 Å². The van der Waals surface area contributed by atoms with Crippen LogP contribution in [0.2, 0.25) is 0 Å². The van der Waals surface area contributed by atoms with Crippen LogP contribution in [0.1, 0.15) is 29.8 Å². The summed E-state index contributed by atoms with van der Waals surface area (Å²) in [5.41, 5.74) is -1.10. The monoisotopic (exact) mass is 380 g/mol. The molecule has 0 spiro atoms. The van der Waals surface area contributed by atoms with E-state index < -0.39 is 27.2 Å². The van der Waals surface area contributed by atoms with Crippen molar-refractivity contribution in [2.45, 2.75) is 25.7 Å². The molecule has 1 aromatic heterocycles. The summed E-state index contributed by atoms with van der Waals surface area (Å²) in [6.07, 6.45) is 0.998. The maximum absolute atomic E-state index is 12.7. The molecule has 3 N–H and O–H groups in total. The van der Waals surface area contributed by atoms with Gasteiger partial charge in [-0.05, 0) is 24.6 Å². The van der Waals surface area contributed by atoms with Gasteiger partial charge in [0.1, 0.15) is 5.56 Å². The zero-order chi connectivity index (χ0) is 19.5. The van der Waals surface area contributed by atoms with Crippen molar-refractivity contribution in [3.8, 4) is 0 Å². The number of anilines is 1. The second kappa shape index (κ2) is 7.67. The molecule has 0 atom stereocenters. The second-order valence-corrected chi connectivity index (χ2v) is 7.42. The number of hydrogen-bond donors (Lipinski definition) is 3. The van der Waals surface area contributed by atoms with Gasteiger partial charge in [-0.1, -0.05) is 19.9 Å². The number of benzene rings is 1. The predicted octanol–water partition coefficient (Wildman–Crippen LogP) is 0.654. The lowest BCUT2D eigenvalue weighted by Gasteiger charge is -2.20. The molecule has 10 heteroatoms. The van der Waals surface area contributed by atoms with Gasteiger partial charge in [-0.3, -0.25) is 14.6 Å². The number of rotatable bonds is 6. The predicted molar refractivity (Wildman–Crippen MR) is 96.9 cm³/mol. The highest BCUT2D eigenvalue weighted by Crippen LogP contribution is 2.23. The van der Waals surface area contributed by atoms with Crippen LogP contribution in [-0.2, 0) is 10.0 Å². The molecule has 0 radical (unpaired) electrons. The molecule has 0 saturated heterocycles. The number of carbonyl (C=O) groups is 1. The van der Waals surface area contributed by atoms with E-state index in [0.29, 0.717) is 18.7 Å². The number of carbonyl (C=O) groups excluding carboxylic acids is 1. The lowest BCUT2D eigenvalue weighted by Crippen LogP contribution is -2.31. The Morgan fingerprint density at radius 1 is 1.19 bits per heavy atom. The number of aromatic nitrogens is 2. The third-order valence-electron chi connectivity index (χ3n) is 3.83. The molecule has 0 aliphatic rings. The maximum Gasteiger partial charge on any atom is 0.325 e. The number of amides is 1. The average Bonchev–Trinajstić information content (AvgIpc) is 2.57. The molecule has 26 heavy (non-hydrogen) atoms.